The Labute approximate surface area is 145 Å². The summed E-state index contributed by atoms with van der Waals surface area (Å²) in [6.45, 7) is 3.11. The number of nitrogens with zero attached hydrogens (tertiary/aromatic N) is 5. The van der Waals surface area contributed by atoms with E-state index in [0.29, 0.717) is 23.9 Å². The molecule has 1 aliphatic carbocycles. The third kappa shape index (κ3) is 3.05. The van der Waals surface area contributed by atoms with Gasteiger partial charge in [-0.15, -0.1) is 5.10 Å². The molecule has 0 spiro atoms. The molecule has 8 heteroatoms. The Bertz CT molecular complexity index is 835. The zero-order valence-electron chi connectivity index (χ0n) is 14.6. The molecule has 2 aromatic rings. The van der Waals surface area contributed by atoms with Crippen molar-refractivity contribution in [3.8, 4) is 0 Å². The van der Waals surface area contributed by atoms with E-state index < -0.39 is 0 Å². The zero-order valence-corrected chi connectivity index (χ0v) is 14.6. The number of rotatable bonds is 3. The zero-order chi connectivity index (χ0) is 17.4. The predicted molar refractivity (Wildman–Crippen MR) is 92.0 cm³/mol. The number of hydrogen-bond acceptors (Lipinski definition) is 5. The highest BCUT2D eigenvalue weighted by atomic mass is 16.2. The standard InChI is InChI=1S/C17H24N6O2/c1-11-18-15-14(16(24)19-11)20-21-23(15)10-13-8-5-9-22(13)17(25)12-6-3-2-4-7-12/h12-13H,2-10H2,1H3,(H,18,19,24)/t13-/m1/s1. The van der Waals surface area contributed by atoms with Crippen LogP contribution in [-0.4, -0.2) is 48.4 Å². The van der Waals surface area contributed by atoms with Gasteiger partial charge in [-0.1, -0.05) is 24.5 Å². The fraction of sp³-hybridized carbons (Fsp3) is 0.706. The molecule has 1 atom stereocenters. The van der Waals surface area contributed by atoms with Crippen molar-refractivity contribution in [1.29, 1.82) is 0 Å². The molecule has 2 aromatic heterocycles. The lowest BCUT2D eigenvalue weighted by Crippen LogP contribution is -2.42. The second kappa shape index (κ2) is 6.57. The first-order valence-electron chi connectivity index (χ1n) is 9.24. The molecule has 25 heavy (non-hydrogen) atoms. The van der Waals surface area contributed by atoms with Gasteiger partial charge in [0.05, 0.1) is 12.6 Å². The monoisotopic (exact) mass is 344 g/mol. The van der Waals surface area contributed by atoms with Gasteiger partial charge in [-0.05, 0) is 32.6 Å². The summed E-state index contributed by atoms with van der Waals surface area (Å²) in [6, 6.07) is 0.112. The van der Waals surface area contributed by atoms with Crippen LogP contribution in [-0.2, 0) is 11.3 Å². The number of likely N-dealkylation sites (tertiary alicyclic amines) is 1. The average Bonchev–Trinajstić information content (AvgIpc) is 3.23. The van der Waals surface area contributed by atoms with Gasteiger partial charge in [0.1, 0.15) is 5.82 Å². The first kappa shape index (κ1) is 16.2. The number of H-pyrrole nitrogens is 1. The SMILES string of the molecule is Cc1nc2c(nnn2C[C@H]2CCCN2C(=O)C2CCCCC2)c(=O)[nH]1. The molecule has 0 unspecified atom stereocenters. The lowest BCUT2D eigenvalue weighted by molar-refractivity contribution is -0.137. The molecule has 1 aliphatic heterocycles. The van der Waals surface area contributed by atoms with Crippen LogP contribution >= 0.6 is 0 Å². The minimum Gasteiger partial charge on any atom is -0.338 e. The first-order chi connectivity index (χ1) is 12.1. The van der Waals surface area contributed by atoms with Crippen molar-refractivity contribution in [1.82, 2.24) is 29.9 Å². The molecule has 3 heterocycles. The molecule has 134 valence electrons. The van der Waals surface area contributed by atoms with Crippen molar-refractivity contribution in [2.75, 3.05) is 6.54 Å². The van der Waals surface area contributed by atoms with Gasteiger partial charge in [0.25, 0.3) is 5.56 Å². The van der Waals surface area contributed by atoms with Gasteiger partial charge >= 0.3 is 0 Å². The molecule has 1 N–H and O–H groups in total. The van der Waals surface area contributed by atoms with Crippen LogP contribution in [0.25, 0.3) is 11.2 Å². The molecule has 8 nitrogen and oxygen atoms in total. The van der Waals surface area contributed by atoms with Crippen molar-refractivity contribution in [3.05, 3.63) is 16.2 Å². The van der Waals surface area contributed by atoms with Crippen LogP contribution in [0.3, 0.4) is 0 Å². The first-order valence-corrected chi connectivity index (χ1v) is 9.24. The van der Waals surface area contributed by atoms with Gasteiger partial charge in [-0.25, -0.2) is 9.67 Å². The number of amides is 1. The summed E-state index contributed by atoms with van der Waals surface area (Å²) in [6.07, 6.45) is 7.58. The second-order valence-corrected chi connectivity index (χ2v) is 7.26. The van der Waals surface area contributed by atoms with E-state index in [1.807, 2.05) is 4.90 Å². The summed E-state index contributed by atoms with van der Waals surface area (Å²) in [5.74, 6) is 1.03. The lowest BCUT2D eigenvalue weighted by Gasteiger charge is -2.30. The fourth-order valence-electron chi connectivity index (χ4n) is 4.20. The van der Waals surface area contributed by atoms with Crippen LogP contribution in [0.1, 0.15) is 50.8 Å². The number of nitrogens with one attached hydrogen (secondary N) is 1. The average molecular weight is 344 g/mol. The number of aromatic nitrogens is 5. The quantitative estimate of drug-likeness (QED) is 0.907. The van der Waals surface area contributed by atoms with E-state index in [1.165, 1.54) is 6.42 Å². The van der Waals surface area contributed by atoms with Gasteiger partial charge in [0.15, 0.2) is 11.2 Å². The highest BCUT2D eigenvalue weighted by Gasteiger charge is 2.34. The summed E-state index contributed by atoms with van der Waals surface area (Å²) in [5.41, 5.74) is 0.488. The molecule has 1 saturated heterocycles. The molecule has 0 bridgehead atoms. The van der Waals surface area contributed by atoms with Crippen molar-refractivity contribution in [2.24, 2.45) is 5.92 Å². The highest BCUT2D eigenvalue weighted by Crippen LogP contribution is 2.29. The summed E-state index contributed by atoms with van der Waals surface area (Å²) in [7, 11) is 0. The molecular formula is C17H24N6O2. The molecule has 1 saturated carbocycles. The Morgan fingerprint density at radius 1 is 1.20 bits per heavy atom. The molecule has 0 radical (unpaired) electrons. The largest absolute Gasteiger partial charge is 0.338 e. The Balaban J connectivity index is 1.55. The van der Waals surface area contributed by atoms with Crippen LogP contribution in [0.4, 0.5) is 0 Å². The van der Waals surface area contributed by atoms with E-state index >= 15 is 0 Å². The number of carbonyl (C=O) groups is 1. The van der Waals surface area contributed by atoms with Crippen LogP contribution in [0.15, 0.2) is 4.79 Å². The lowest BCUT2D eigenvalue weighted by atomic mass is 9.88. The Hall–Kier alpha value is -2.25. The number of hydrogen-bond donors (Lipinski definition) is 1. The normalized spacial score (nSPS) is 22.0. The Morgan fingerprint density at radius 2 is 2.00 bits per heavy atom. The van der Waals surface area contributed by atoms with Gasteiger partial charge in [-0.3, -0.25) is 9.59 Å². The molecule has 0 aromatic carbocycles. The van der Waals surface area contributed by atoms with Crippen LogP contribution in [0, 0.1) is 12.8 Å². The number of aromatic amines is 1. The van der Waals surface area contributed by atoms with Crippen molar-refractivity contribution in [3.63, 3.8) is 0 Å². The Morgan fingerprint density at radius 3 is 2.80 bits per heavy atom. The van der Waals surface area contributed by atoms with Gasteiger partial charge < -0.3 is 9.88 Å². The summed E-state index contributed by atoms with van der Waals surface area (Å²) < 4.78 is 1.68. The van der Waals surface area contributed by atoms with Crippen LogP contribution in [0.5, 0.6) is 0 Å². The molecule has 1 amide bonds. The fourth-order valence-corrected chi connectivity index (χ4v) is 4.20. The van der Waals surface area contributed by atoms with E-state index in [9.17, 15) is 9.59 Å². The molecule has 2 aliphatic rings. The van der Waals surface area contributed by atoms with Crippen LogP contribution < -0.4 is 5.56 Å². The van der Waals surface area contributed by atoms with E-state index in [4.69, 9.17) is 0 Å². The maximum absolute atomic E-state index is 12.9. The summed E-state index contributed by atoms with van der Waals surface area (Å²) >= 11 is 0. The second-order valence-electron chi connectivity index (χ2n) is 7.26. The van der Waals surface area contributed by atoms with Gasteiger partial charge in [0.2, 0.25) is 5.91 Å². The number of carbonyl (C=O) groups excluding carboxylic acids is 1. The smallest absolute Gasteiger partial charge is 0.281 e. The minimum absolute atomic E-state index is 0.112. The minimum atomic E-state index is -0.268. The van der Waals surface area contributed by atoms with Crippen molar-refractivity contribution in [2.45, 2.75) is 64.5 Å². The molecule has 2 fully saturated rings. The Kier molecular flexibility index (Phi) is 4.27. The summed E-state index contributed by atoms with van der Waals surface area (Å²) in [5, 5.41) is 8.08. The van der Waals surface area contributed by atoms with Crippen LogP contribution in [0.2, 0.25) is 0 Å². The van der Waals surface area contributed by atoms with E-state index in [1.54, 1.807) is 11.6 Å². The highest BCUT2D eigenvalue weighted by molar-refractivity contribution is 5.79. The molecule has 4 rings (SSSR count). The maximum atomic E-state index is 12.9. The van der Waals surface area contributed by atoms with E-state index in [0.717, 1.165) is 45.1 Å². The third-order valence-electron chi connectivity index (χ3n) is 5.49. The third-order valence-corrected chi connectivity index (χ3v) is 5.49. The van der Waals surface area contributed by atoms with Gasteiger partial charge in [0, 0.05) is 12.5 Å². The number of fused-ring (bicyclic) bond motifs is 1. The maximum Gasteiger partial charge on any atom is 0.281 e. The predicted octanol–water partition coefficient (Wildman–Crippen LogP) is 1.39. The van der Waals surface area contributed by atoms with E-state index in [-0.39, 0.29) is 23.0 Å². The van der Waals surface area contributed by atoms with Gasteiger partial charge in [-0.2, -0.15) is 0 Å². The summed E-state index contributed by atoms with van der Waals surface area (Å²) in [4.78, 5) is 33.9. The van der Waals surface area contributed by atoms with Crippen molar-refractivity contribution < 1.29 is 4.79 Å². The van der Waals surface area contributed by atoms with E-state index in [2.05, 4.69) is 20.3 Å². The molecular weight excluding hydrogens is 320 g/mol. The van der Waals surface area contributed by atoms with Crippen molar-refractivity contribution >= 4 is 17.1 Å². The number of aryl methyl sites for hydroxylation is 1. The topological polar surface area (TPSA) is 96.8 Å².